The highest BCUT2D eigenvalue weighted by molar-refractivity contribution is 6.53. The van der Waals surface area contributed by atoms with Gasteiger partial charge in [0, 0.05) is 5.57 Å². The molecule has 3 aromatic rings. The Morgan fingerprint density at radius 3 is 1.70 bits per heavy atom. The van der Waals surface area contributed by atoms with E-state index in [0.717, 1.165) is 46.1 Å². The third-order valence-corrected chi connectivity index (χ3v) is 4.33. The Labute approximate surface area is 168 Å². The van der Waals surface area contributed by atoms with E-state index in [-0.39, 0.29) is 0 Å². The van der Waals surface area contributed by atoms with Gasteiger partial charge in [-0.25, -0.2) is 0 Å². The molecule has 0 spiro atoms. The van der Waals surface area contributed by atoms with Crippen LogP contribution in [0.15, 0.2) is 84.9 Å². The average molecular weight is 379 g/mol. The Morgan fingerprint density at radius 2 is 1.19 bits per heavy atom. The molecule has 0 heterocycles. The summed E-state index contributed by atoms with van der Waals surface area (Å²) in [6, 6.07) is 28.5. The molecule has 140 valence electrons. The molecular formula is C25H27ClO. The summed E-state index contributed by atoms with van der Waals surface area (Å²) in [6.07, 6.45) is 0.997. The number of benzene rings is 3. The van der Waals surface area contributed by atoms with Crippen molar-refractivity contribution in [3.63, 3.8) is 0 Å². The maximum Gasteiger partial charge on any atom is 0.119 e. The molecule has 0 saturated heterocycles. The molecule has 1 nitrogen and oxygen atoms in total. The smallest absolute Gasteiger partial charge is 0.119 e. The van der Waals surface area contributed by atoms with Crippen molar-refractivity contribution < 1.29 is 4.74 Å². The molecule has 2 heteroatoms. The lowest BCUT2D eigenvalue weighted by molar-refractivity contribution is 0.317. The van der Waals surface area contributed by atoms with Crippen molar-refractivity contribution in [2.24, 2.45) is 0 Å². The lowest BCUT2D eigenvalue weighted by Gasteiger charge is -2.13. The fraction of sp³-hybridized carbons (Fsp3) is 0.200. The molecule has 3 aromatic carbocycles. The van der Waals surface area contributed by atoms with E-state index in [9.17, 15) is 0 Å². The van der Waals surface area contributed by atoms with Crippen LogP contribution in [0.4, 0.5) is 0 Å². The summed E-state index contributed by atoms with van der Waals surface area (Å²) < 4.78 is 5.69. The first-order valence-electron chi connectivity index (χ1n) is 9.53. The van der Waals surface area contributed by atoms with Gasteiger partial charge in [-0.1, -0.05) is 105 Å². The zero-order valence-corrected chi connectivity index (χ0v) is 17.0. The van der Waals surface area contributed by atoms with Gasteiger partial charge in [-0.05, 0) is 35.2 Å². The normalized spacial score (nSPS) is 11.1. The summed E-state index contributed by atoms with van der Waals surface area (Å²) in [5, 5.41) is 0.744. The van der Waals surface area contributed by atoms with Gasteiger partial charge in [0.1, 0.15) is 5.75 Å². The van der Waals surface area contributed by atoms with E-state index in [2.05, 4.69) is 31.2 Å². The second-order valence-corrected chi connectivity index (χ2v) is 6.17. The summed E-state index contributed by atoms with van der Waals surface area (Å²) in [7, 11) is 0. The van der Waals surface area contributed by atoms with Crippen LogP contribution in [0.3, 0.4) is 0 Å². The first kappa shape index (κ1) is 20.8. The molecule has 0 amide bonds. The average Bonchev–Trinajstić information content (AvgIpc) is 2.76. The molecule has 0 N–H and O–H groups in total. The third kappa shape index (κ3) is 5.74. The predicted molar refractivity (Wildman–Crippen MR) is 118 cm³/mol. The Balaban J connectivity index is 0.00000126. The molecule has 0 aliphatic heterocycles. The number of rotatable bonds is 6. The van der Waals surface area contributed by atoms with Gasteiger partial charge in [0.15, 0.2) is 0 Å². The minimum absolute atomic E-state index is 0.728. The first-order valence-corrected chi connectivity index (χ1v) is 9.91. The molecule has 0 aromatic heterocycles. The highest BCUT2D eigenvalue weighted by Crippen LogP contribution is 2.35. The highest BCUT2D eigenvalue weighted by atomic mass is 35.5. The van der Waals surface area contributed by atoms with E-state index in [1.807, 2.05) is 74.5 Å². The van der Waals surface area contributed by atoms with Gasteiger partial charge in [-0.3, -0.25) is 0 Å². The standard InChI is InChI=1S/C23H21ClO.C2H6/c1-2-17-25-21-15-13-19(14-16-21)22(18-9-5-3-6-10-18)23(24)20-11-7-4-8-12-20;1-2/h3-16H,2,17H2,1H3;1-2H3/b23-22+;. The number of ether oxygens (including phenoxy) is 1. The van der Waals surface area contributed by atoms with Crippen LogP contribution in [-0.2, 0) is 0 Å². The van der Waals surface area contributed by atoms with E-state index in [1.165, 1.54) is 0 Å². The molecule has 0 aliphatic rings. The summed E-state index contributed by atoms with van der Waals surface area (Å²) in [5.41, 5.74) is 4.20. The van der Waals surface area contributed by atoms with Gasteiger partial charge in [0.2, 0.25) is 0 Å². The minimum atomic E-state index is 0.728. The molecule has 3 rings (SSSR count). The molecule has 27 heavy (non-hydrogen) atoms. The molecule has 0 bridgehead atoms. The molecule has 0 saturated carbocycles. The van der Waals surface area contributed by atoms with E-state index < -0.39 is 0 Å². The summed E-state index contributed by atoms with van der Waals surface area (Å²) in [5.74, 6) is 0.883. The van der Waals surface area contributed by atoms with Crippen molar-refractivity contribution in [3.8, 4) is 5.75 Å². The Kier molecular flexibility index (Phi) is 8.67. The van der Waals surface area contributed by atoms with Crippen LogP contribution in [0.25, 0.3) is 10.6 Å². The van der Waals surface area contributed by atoms with Gasteiger partial charge in [-0.2, -0.15) is 0 Å². The summed E-state index contributed by atoms with van der Waals surface area (Å²) in [6.45, 7) is 6.83. The van der Waals surface area contributed by atoms with E-state index in [4.69, 9.17) is 16.3 Å². The molecule has 0 unspecified atom stereocenters. The van der Waals surface area contributed by atoms with Crippen LogP contribution < -0.4 is 4.74 Å². The molecule has 0 atom stereocenters. The van der Waals surface area contributed by atoms with Crippen LogP contribution in [0, 0.1) is 0 Å². The Morgan fingerprint density at radius 1 is 0.704 bits per heavy atom. The molecular weight excluding hydrogens is 352 g/mol. The van der Waals surface area contributed by atoms with Crippen molar-refractivity contribution in [3.05, 3.63) is 102 Å². The molecule has 0 fully saturated rings. The Hall–Kier alpha value is -2.51. The van der Waals surface area contributed by atoms with Crippen molar-refractivity contribution >= 4 is 22.2 Å². The van der Waals surface area contributed by atoms with Crippen LogP contribution in [0.5, 0.6) is 5.75 Å². The van der Waals surface area contributed by atoms with Gasteiger partial charge in [0.05, 0.1) is 11.6 Å². The maximum atomic E-state index is 6.81. The fourth-order valence-corrected chi connectivity index (χ4v) is 3.04. The largest absolute Gasteiger partial charge is 0.494 e. The van der Waals surface area contributed by atoms with Gasteiger partial charge >= 0.3 is 0 Å². The third-order valence-electron chi connectivity index (χ3n) is 3.93. The summed E-state index contributed by atoms with van der Waals surface area (Å²) in [4.78, 5) is 0. The fourth-order valence-electron chi connectivity index (χ4n) is 2.69. The maximum absolute atomic E-state index is 6.81. The van der Waals surface area contributed by atoms with E-state index in [1.54, 1.807) is 0 Å². The van der Waals surface area contributed by atoms with Crippen molar-refractivity contribution in [2.45, 2.75) is 27.2 Å². The zero-order chi connectivity index (χ0) is 19.5. The highest BCUT2D eigenvalue weighted by Gasteiger charge is 2.12. The van der Waals surface area contributed by atoms with Gasteiger partial charge in [0.25, 0.3) is 0 Å². The summed E-state index contributed by atoms with van der Waals surface area (Å²) >= 11 is 6.81. The van der Waals surface area contributed by atoms with Crippen molar-refractivity contribution in [2.75, 3.05) is 6.61 Å². The van der Waals surface area contributed by atoms with Crippen molar-refractivity contribution in [1.29, 1.82) is 0 Å². The van der Waals surface area contributed by atoms with Gasteiger partial charge < -0.3 is 4.74 Å². The van der Waals surface area contributed by atoms with E-state index in [0.29, 0.717) is 0 Å². The van der Waals surface area contributed by atoms with Crippen LogP contribution in [-0.4, -0.2) is 6.61 Å². The van der Waals surface area contributed by atoms with Crippen molar-refractivity contribution in [1.82, 2.24) is 0 Å². The van der Waals surface area contributed by atoms with Crippen LogP contribution >= 0.6 is 11.6 Å². The van der Waals surface area contributed by atoms with E-state index >= 15 is 0 Å². The number of hydrogen-bond donors (Lipinski definition) is 0. The quantitative estimate of drug-likeness (QED) is 0.400. The molecule has 0 aliphatic carbocycles. The number of hydrogen-bond acceptors (Lipinski definition) is 1. The zero-order valence-electron chi connectivity index (χ0n) is 16.3. The lowest BCUT2D eigenvalue weighted by atomic mass is 9.95. The van der Waals surface area contributed by atoms with Crippen LogP contribution in [0.2, 0.25) is 0 Å². The lowest BCUT2D eigenvalue weighted by Crippen LogP contribution is -1.96. The van der Waals surface area contributed by atoms with Gasteiger partial charge in [-0.15, -0.1) is 0 Å². The minimum Gasteiger partial charge on any atom is -0.494 e. The monoisotopic (exact) mass is 378 g/mol. The second kappa shape index (κ2) is 11.3. The predicted octanol–water partition coefficient (Wildman–Crippen LogP) is 7.66. The first-order chi connectivity index (χ1) is 13.3. The second-order valence-electron chi connectivity index (χ2n) is 5.79. The topological polar surface area (TPSA) is 9.23 Å². The molecule has 0 radical (unpaired) electrons. The number of halogens is 1. The van der Waals surface area contributed by atoms with Crippen LogP contribution in [0.1, 0.15) is 43.9 Å². The SMILES string of the molecule is CC.CCCOc1ccc(/C(=C(/Cl)c2ccccc2)c2ccccc2)cc1. The Bertz CT molecular complexity index is 821.